The molecule has 1 heterocycles. The summed E-state index contributed by atoms with van der Waals surface area (Å²) in [4.78, 5) is 15.3. The van der Waals surface area contributed by atoms with Crippen molar-refractivity contribution in [3.8, 4) is 0 Å². The molecule has 0 aliphatic rings. The highest BCUT2D eigenvalue weighted by Gasteiger charge is 2.12. The van der Waals surface area contributed by atoms with Crippen LogP contribution in [-0.4, -0.2) is 16.6 Å². The van der Waals surface area contributed by atoms with E-state index in [4.69, 9.17) is 0 Å². The van der Waals surface area contributed by atoms with Gasteiger partial charge < -0.3 is 5.32 Å². The summed E-state index contributed by atoms with van der Waals surface area (Å²) < 4.78 is 0.904. The van der Waals surface area contributed by atoms with Crippen LogP contribution in [0.15, 0.2) is 9.98 Å². The Morgan fingerprint density at radius 2 is 2.62 bits per heavy atom. The number of nitrogens with one attached hydrogen (secondary N) is 1. The van der Waals surface area contributed by atoms with Crippen LogP contribution < -0.4 is 5.32 Å². The Bertz CT molecular complexity index is 302. The molecule has 0 aliphatic heterocycles. The number of hydrogen-bond acceptors (Lipinski definition) is 4. The van der Waals surface area contributed by atoms with Crippen LogP contribution in [-0.2, 0) is 4.79 Å². The zero-order valence-electron chi connectivity index (χ0n) is 6.95. The second-order valence-corrected chi connectivity index (χ2v) is 5.32. The Kier molecular flexibility index (Phi) is 4.21. The quantitative estimate of drug-likeness (QED) is 0.835. The van der Waals surface area contributed by atoms with E-state index in [1.54, 1.807) is 6.20 Å². The smallest absolute Gasteiger partial charge is 0.229 e. The first kappa shape index (κ1) is 11.0. The maximum absolute atomic E-state index is 11.3. The third-order valence-electron chi connectivity index (χ3n) is 1.43. The summed E-state index contributed by atoms with van der Waals surface area (Å²) in [5.74, 6) is 0.404. The number of halogens is 1. The first-order valence-corrected chi connectivity index (χ1v) is 5.90. The first-order chi connectivity index (χ1) is 6.13. The molecule has 3 nitrogen and oxygen atoms in total. The summed E-state index contributed by atoms with van der Waals surface area (Å²) in [6.07, 6.45) is 1.66. The van der Waals surface area contributed by atoms with Crippen molar-refractivity contribution in [2.75, 3.05) is 11.1 Å². The summed E-state index contributed by atoms with van der Waals surface area (Å²) in [5, 5.41) is 3.32. The van der Waals surface area contributed by atoms with Crippen molar-refractivity contribution in [1.29, 1.82) is 0 Å². The molecule has 1 N–H and O–H groups in total. The van der Waals surface area contributed by atoms with Crippen molar-refractivity contribution in [1.82, 2.24) is 4.98 Å². The molecule has 0 saturated heterocycles. The fourth-order valence-corrected chi connectivity index (χ4v) is 1.90. The molecular formula is C7H9BrN2OS2. The molecule has 13 heavy (non-hydrogen) atoms. The van der Waals surface area contributed by atoms with Gasteiger partial charge in [-0.25, -0.2) is 4.98 Å². The van der Waals surface area contributed by atoms with Crippen LogP contribution in [0.25, 0.3) is 0 Å². The lowest BCUT2D eigenvalue weighted by molar-refractivity contribution is -0.118. The molecule has 1 unspecified atom stereocenters. The fourth-order valence-electron chi connectivity index (χ4n) is 0.624. The molecule has 1 rings (SSSR count). The predicted molar refractivity (Wildman–Crippen MR) is 61.5 cm³/mol. The number of amides is 1. The van der Waals surface area contributed by atoms with E-state index in [0.29, 0.717) is 10.9 Å². The van der Waals surface area contributed by atoms with Crippen LogP contribution in [0.1, 0.15) is 6.92 Å². The molecule has 1 atom stereocenters. The number of rotatable bonds is 3. The van der Waals surface area contributed by atoms with Gasteiger partial charge in [0.15, 0.2) is 5.13 Å². The lowest BCUT2D eigenvalue weighted by atomic mass is 10.2. The molecule has 0 aromatic carbocycles. The van der Waals surface area contributed by atoms with Gasteiger partial charge in [-0.15, -0.1) is 0 Å². The van der Waals surface area contributed by atoms with Crippen LogP contribution in [0.2, 0.25) is 0 Å². The Morgan fingerprint density at radius 3 is 3.08 bits per heavy atom. The van der Waals surface area contributed by atoms with Crippen LogP contribution >= 0.6 is 39.9 Å². The summed E-state index contributed by atoms with van der Waals surface area (Å²) in [6, 6.07) is 0. The van der Waals surface area contributed by atoms with Gasteiger partial charge in [0.1, 0.15) is 0 Å². The number of aromatic nitrogens is 1. The number of thiazole rings is 1. The van der Waals surface area contributed by atoms with Gasteiger partial charge in [0.25, 0.3) is 0 Å². The van der Waals surface area contributed by atoms with Gasteiger partial charge in [-0.1, -0.05) is 18.3 Å². The normalized spacial score (nSPS) is 12.5. The van der Waals surface area contributed by atoms with Gasteiger partial charge in [0.05, 0.1) is 9.98 Å². The molecule has 0 saturated carbocycles. The topological polar surface area (TPSA) is 42.0 Å². The molecule has 72 valence electrons. The minimum atomic E-state index is -0.0917. The SMILES string of the molecule is CC(CS)C(=O)Nc1ncc(Br)s1. The fraction of sp³-hybridized carbons (Fsp3) is 0.429. The number of nitrogens with zero attached hydrogens (tertiary/aromatic N) is 1. The zero-order valence-corrected chi connectivity index (χ0v) is 10.2. The highest BCUT2D eigenvalue weighted by molar-refractivity contribution is 9.11. The molecule has 0 fully saturated rings. The lowest BCUT2D eigenvalue weighted by Gasteiger charge is -2.05. The standard InChI is InChI=1S/C7H9BrN2OS2/c1-4(3-12)6(11)10-7-9-2-5(8)13-7/h2,4,12H,3H2,1H3,(H,9,10,11). The van der Waals surface area contributed by atoms with Crippen molar-refractivity contribution in [2.24, 2.45) is 5.92 Å². The number of thiol groups is 1. The predicted octanol–water partition coefficient (Wildman–Crippen LogP) is 2.41. The Morgan fingerprint density at radius 1 is 1.92 bits per heavy atom. The average Bonchev–Trinajstić information content (AvgIpc) is 2.49. The summed E-state index contributed by atoms with van der Waals surface area (Å²) in [5.41, 5.74) is 0. The average molecular weight is 281 g/mol. The van der Waals surface area contributed by atoms with Gasteiger partial charge in [-0.05, 0) is 15.9 Å². The number of hydrogen-bond donors (Lipinski definition) is 2. The third-order valence-corrected chi connectivity index (χ3v) is 3.37. The maximum Gasteiger partial charge on any atom is 0.229 e. The molecule has 1 aromatic rings. The molecular weight excluding hydrogens is 272 g/mol. The number of anilines is 1. The van der Waals surface area contributed by atoms with E-state index in [9.17, 15) is 4.79 Å². The first-order valence-electron chi connectivity index (χ1n) is 3.66. The monoisotopic (exact) mass is 280 g/mol. The molecule has 1 aromatic heterocycles. The second kappa shape index (κ2) is 4.97. The largest absolute Gasteiger partial charge is 0.302 e. The van der Waals surface area contributed by atoms with Crippen molar-refractivity contribution in [3.63, 3.8) is 0 Å². The van der Waals surface area contributed by atoms with Gasteiger partial charge in [0, 0.05) is 11.7 Å². The number of carbonyl (C=O) groups is 1. The van der Waals surface area contributed by atoms with Gasteiger partial charge in [-0.2, -0.15) is 12.6 Å². The molecule has 0 radical (unpaired) electrons. The molecule has 1 amide bonds. The van der Waals surface area contributed by atoms with E-state index in [0.717, 1.165) is 3.79 Å². The van der Waals surface area contributed by atoms with Crippen LogP contribution in [0, 0.1) is 5.92 Å². The third kappa shape index (κ3) is 3.28. The van der Waals surface area contributed by atoms with Crippen LogP contribution in [0.4, 0.5) is 5.13 Å². The van der Waals surface area contributed by atoms with E-state index < -0.39 is 0 Å². The van der Waals surface area contributed by atoms with E-state index in [1.807, 2.05) is 6.92 Å². The summed E-state index contributed by atoms with van der Waals surface area (Å²) in [6.45, 7) is 1.82. The second-order valence-electron chi connectivity index (χ2n) is 2.54. The highest BCUT2D eigenvalue weighted by Crippen LogP contribution is 2.23. The van der Waals surface area contributed by atoms with Crippen molar-refractivity contribution >= 4 is 50.9 Å². The Hall–Kier alpha value is -0.0700. The van der Waals surface area contributed by atoms with Crippen molar-refractivity contribution in [2.45, 2.75) is 6.92 Å². The maximum atomic E-state index is 11.3. The molecule has 6 heteroatoms. The lowest BCUT2D eigenvalue weighted by Crippen LogP contribution is -2.21. The van der Waals surface area contributed by atoms with Crippen LogP contribution in [0.5, 0.6) is 0 Å². The van der Waals surface area contributed by atoms with E-state index in [-0.39, 0.29) is 11.8 Å². The van der Waals surface area contributed by atoms with E-state index in [1.165, 1.54) is 11.3 Å². The van der Waals surface area contributed by atoms with Crippen molar-refractivity contribution in [3.05, 3.63) is 9.98 Å². The molecule has 0 aliphatic carbocycles. The number of carbonyl (C=O) groups excluding carboxylic acids is 1. The zero-order chi connectivity index (χ0) is 9.84. The van der Waals surface area contributed by atoms with Gasteiger partial charge >= 0.3 is 0 Å². The molecule has 0 bridgehead atoms. The Labute approximate surface area is 94.5 Å². The van der Waals surface area contributed by atoms with Gasteiger partial charge in [-0.3, -0.25) is 4.79 Å². The summed E-state index contributed by atoms with van der Waals surface area (Å²) >= 11 is 8.70. The van der Waals surface area contributed by atoms with E-state index in [2.05, 4.69) is 38.9 Å². The minimum absolute atomic E-state index is 0.0446. The van der Waals surface area contributed by atoms with Crippen molar-refractivity contribution < 1.29 is 4.79 Å². The summed E-state index contributed by atoms with van der Waals surface area (Å²) in [7, 11) is 0. The Balaban J connectivity index is 2.54. The highest BCUT2D eigenvalue weighted by atomic mass is 79.9. The minimum Gasteiger partial charge on any atom is -0.302 e. The van der Waals surface area contributed by atoms with E-state index >= 15 is 0 Å². The molecule has 0 spiro atoms. The van der Waals surface area contributed by atoms with Crippen LogP contribution in [0.3, 0.4) is 0 Å². The van der Waals surface area contributed by atoms with Gasteiger partial charge in [0.2, 0.25) is 5.91 Å².